The van der Waals surface area contributed by atoms with Crippen LogP contribution in [0.2, 0.25) is 0 Å². The number of para-hydroxylation sites is 1. The van der Waals surface area contributed by atoms with Gasteiger partial charge in [0.25, 0.3) is 0 Å². The Hall–Kier alpha value is -1.35. The molecule has 18 heavy (non-hydrogen) atoms. The molecule has 3 heteroatoms. The highest BCUT2D eigenvalue weighted by atomic mass is 15.3. The first kappa shape index (κ1) is 13.1. The van der Waals surface area contributed by atoms with Gasteiger partial charge in [-0.25, -0.2) is 0 Å². The van der Waals surface area contributed by atoms with E-state index in [9.17, 15) is 0 Å². The third kappa shape index (κ3) is 2.56. The van der Waals surface area contributed by atoms with Crippen LogP contribution < -0.4 is 5.32 Å². The minimum absolute atomic E-state index is 0.510. The molecule has 0 aliphatic rings. The van der Waals surface area contributed by atoms with Crippen LogP contribution in [0.4, 0.5) is 0 Å². The summed E-state index contributed by atoms with van der Waals surface area (Å²) >= 11 is 0. The number of benzene rings is 1. The van der Waals surface area contributed by atoms with Gasteiger partial charge in [-0.2, -0.15) is 5.10 Å². The normalized spacial score (nSPS) is 13.4. The molecular weight excluding hydrogens is 222 g/mol. The summed E-state index contributed by atoms with van der Waals surface area (Å²) in [7, 11) is 0. The number of nitrogens with zero attached hydrogens (tertiary/aromatic N) is 2. The zero-order valence-electron chi connectivity index (χ0n) is 11.8. The number of hydrogen-bond donors (Lipinski definition) is 1. The predicted molar refractivity (Wildman–Crippen MR) is 76.5 cm³/mol. The molecule has 1 aromatic carbocycles. The molecule has 1 aromatic heterocycles. The Morgan fingerprint density at radius 2 is 1.94 bits per heavy atom. The van der Waals surface area contributed by atoms with Gasteiger partial charge in [0.15, 0.2) is 0 Å². The maximum atomic E-state index is 4.69. The lowest BCUT2D eigenvalue weighted by atomic mass is 10.1. The van der Waals surface area contributed by atoms with Crippen LogP contribution in [0.1, 0.15) is 33.4 Å². The summed E-state index contributed by atoms with van der Waals surface area (Å²) in [4.78, 5) is 0. The molecule has 0 aliphatic carbocycles. The van der Waals surface area contributed by atoms with Gasteiger partial charge in [-0.05, 0) is 25.8 Å². The first-order chi connectivity index (χ1) is 8.63. The lowest BCUT2D eigenvalue weighted by Crippen LogP contribution is -2.30. The number of aromatic nitrogens is 2. The van der Waals surface area contributed by atoms with Crippen LogP contribution in [0.3, 0.4) is 0 Å². The molecule has 0 spiro atoms. The molecule has 0 bridgehead atoms. The number of aryl methyl sites for hydroxylation is 1. The number of nitrogens with one attached hydrogen (secondary N) is 1. The summed E-state index contributed by atoms with van der Waals surface area (Å²) in [6.07, 6.45) is 0. The smallest absolute Gasteiger partial charge is 0.0841 e. The molecule has 1 atom stereocenters. The van der Waals surface area contributed by atoms with Crippen LogP contribution in [0.5, 0.6) is 0 Å². The van der Waals surface area contributed by atoms with E-state index in [2.05, 4.69) is 62.0 Å². The third-order valence-electron chi connectivity index (χ3n) is 3.63. The van der Waals surface area contributed by atoms with Crippen LogP contribution >= 0.6 is 0 Å². The average Bonchev–Trinajstić information content (AvgIpc) is 2.74. The monoisotopic (exact) mass is 245 g/mol. The molecular formula is C15H23N3. The van der Waals surface area contributed by atoms with Crippen molar-refractivity contribution in [3.63, 3.8) is 0 Å². The molecule has 0 fully saturated rings. The summed E-state index contributed by atoms with van der Waals surface area (Å²) in [5, 5.41) is 9.51. The Bertz CT molecular complexity index is 513. The first-order valence-electron chi connectivity index (χ1n) is 6.81. The predicted octanol–water partition coefficient (Wildman–Crippen LogP) is 3.19. The van der Waals surface area contributed by atoms with Crippen LogP contribution in [0.15, 0.2) is 24.3 Å². The fourth-order valence-corrected chi connectivity index (χ4v) is 2.06. The van der Waals surface area contributed by atoms with Crippen LogP contribution in [0.25, 0.3) is 10.9 Å². The van der Waals surface area contributed by atoms with Crippen molar-refractivity contribution in [2.45, 2.75) is 46.8 Å². The Morgan fingerprint density at radius 1 is 1.22 bits per heavy atom. The van der Waals surface area contributed by atoms with Crippen LogP contribution in [-0.2, 0) is 13.1 Å². The molecule has 98 valence electrons. The first-order valence-corrected chi connectivity index (χ1v) is 6.81. The molecule has 1 N–H and O–H groups in total. The summed E-state index contributed by atoms with van der Waals surface area (Å²) in [5.74, 6) is 0.643. The number of hydrogen-bond acceptors (Lipinski definition) is 2. The Balaban J connectivity index is 2.23. The number of fused-ring (bicyclic) bond motifs is 1. The van der Waals surface area contributed by atoms with E-state index in [0.29, 0.717) is 12.0 Å². The average molecular weight is 245 g/mol. The van der Waals surface area contributed by atoms with E-state index in [0.717, 1.165) is 18.8 Å². The van der Waals surface area contributed by atoms with Gasteiger partial charge >= 0.3 is 0 Å². The Kier molecular flexibility index (Phi) is 4.02. The minimum atomic E-state index is 0.510. The maximum absolute atomic E-state index is 4.69. The van der Waals surface area contributed by atoms with E-state index in [1.165, 1.54) is 10.9 Å². The highest BCUT2D eigenvalue weighted by Gasteiger charge is 2.11. The lowest BCUT2D eigenvalue weighted by Gasteiger charge is -2.16. The van der Waals surface area contributed by atoms with Gasteiger partial charge in [0, 0.05) is 24.5 Å². The molecule has 0 radical (unpaired) electrons. The topological polar surface area (TPSA) is 29.9 Å². The fourth-order valence-electron chi connectivity index (χ4n) is 2.06. The Morgan fingerprint density at radius 3 is 2.61 bits per heavy atom. The van der Waals surface area contributed by atoms with Gasteiger partial charge in [0.05, 0.1) is 11.2 Å². The number of rotatable bonds is 5. The van der Waals surface area contributed by atoms with Crippen molar-refractivity contribution in [3.8, 4) is 0 Å². The molecule has 1 unspecified atom stereocenters. The second-order valence-corrected chi connectivity index (χ2v) is 5.19. The largest absolute Gasteiger partial charge is 0.308 e. The van der Waals surface area contributed by atoms with E-state index in [1.54, 1.807) is 0 Å². The van der Waals surface area contributed by atoms with E-state index in [4.69, 9.17) is 5.10 Å². The lowest BCUT2D eigenvalue weighted by molar-refractivity contribution is 0.423. The molecule has 2 aromatic rings. The standard InChI is InChI=1S/C15H23N3/c1-5-18-15-9-7-6-8-13(15)14(17-18)10-16-12(4)11(2)3/h6-9,11-12,16H,5,10H2,1-4H3. The van der Waals surface area contributed by atoms with Gasteiger partial charge in [0.2, 0.25) is 0 Å². The van der Waals surface area contributed by atoms with Crippen LogP contribution in [0, 0.1) is 5.92 Å². The minimum Gasteiger partial charge on any atom is -0.308 e. The SMILES string of the molecule is CCn1nc(CNC(C)C(C)C)c2ccccc21. The molecule has 0 amide bonds. The molecule has 3 nitrogen and oxygen atoms in total. The van der Waals surface area contributed by atoms with E-state index in [1.807, 2.05) is 0 Å². The van der Waals surface area contributed by atoms with E-state index >= 15 is 0 Å². The van der Waals surface area contributed by atoms with Crippen molar-refractivity contribution in [2.24, 2.45) is 5.92 Å². The Labute approximate surface area is 109 Å². The molecule has 0 saturated heterocycles. The zero-order chi connectivity index (χ0) is 13.1. The summed E-state index contributed by atoms with van der Waals surface area (Å²) in [6.45, 7) is 10.6. The van der Waals surface area contributed by atoms with E-state index in [-0.39, 0.29) is 0 Å². The zero-order valence-corrected chi connectivity index (χ0v) is 11.8. The van der Waals surface area contributed by atoms with Gasteiger partial charge in [0.1, 0.15) is 0 Å². The highest BCUT2D eigenvalue weighted by molar-refractivity contribution is 5.81. The second-order valence-electron chi connectivity index (χ2n) is 5.19. The van der Waals surface area contributed by atoms with Gasteiger partial charge in [-0.3, -0.25) is 4.68 Å². The van der Waals surface area contributed by atoms with Crippen molar-refractivity contribution in [3.05, 3.63) is 30.0 Å². The van der Waals surface area contributed by atoms with E-state index < -0.39 is 0 Å². The highest BCUT2D eigenvalue weighted by Crippen LogP contribution is 2.18. The molecule has 0 aliphatic heterocycles. The quantitative estimate of drug-likeness (QED) is 0.876. The summed E-state index contributed by atoms with van der Waals surface area (Å²) in [6, 6.07) is 8.96. The maximum Gasteiger partial charge on any atom is 0.0841 e. The van der Waals surface area contributed by atoms with Crippen LogP contribution in [-0.4, -0.2) is 15.8 Å². The fraction of sp³-hybridized carbons (Fsp3) is 0.533. The summed E-state index contributed by atoms with van der Waals surface area (Å²) in [5.41, 5.74) is 2.38. The van der Waals surface area contributed by atoms with Crippen molar-refractivity contribution in [2.75, 3.05) is 0 Å². The van der Waals surface area contributed by atoms with Gasteiger partial charge < -0.3 is 5.32 Å². The molecule has 1 heterocycles. The molecule has 2 rings (SSSR count). The van der Waals surface area contributed by atoms with Gasteiger partial charge in [-0.1, -0.05) is 32.0 Å². The van der Waals surface area contributed by atoms with Gasteiger partial charge in [-0.15, -0.1) is 0 Å². The van der Waals surface area contributed by atoms with Crippen molar-refractivity contribution < 1.29 is 0 Å². The van der Waals surface area contributed by atoms with Crippen molar-refractivity contribution in [1.82, 2.24) is 15.1 Å². The third-order valence-corrected chi connectivity index (χ3v) is 3.63. The second kappa shape index (κ2) is 5.53. The van der Waals surface area contributed by atoms with Crippen molar-refractivity contribution >= 4 is 10.9 Å². The summed E-state index contributed by atoms with van der Waals surface area (Å²) < 4.78 is 2.08. The molecule has 0 saturated carbocycles. The van der Waals surface area contributed by atoms with Crippen molar-refractivity contribution in [1.29, 1.82) is 0 Å².